The van der Waals surface area contributed by atoms with Gasteiger partial charge in [-0.05, 0) is 103 Å². The Bertz CT molecular complexity index is 1130. The molecule has 0 aromatic rings. The third-order valence-electron chi connectivity index (χ3n) is 12.9. The molecule has 11 nitrogen and oxygen atoms in total. The van der Waals surface area contributed by atoms with Gasteiger partial charge in [0.25, 0.3) is 0 Å². The van der Waals surface area contributed by atoms with Crippen molar-refractivity contribution < 1.29 is 38.2 Å². The number of nitrogens with zero attached hydrogens (tertiary/aromatic N) is 1. The average Bonchev–Trinajstić information content (AvgIpc) is 3.03. The zero-order chi connectivity index (χ0) is 40.8. The highest BCUT2D eigenvalue weighted by molar-refractivity contribution is 6.89. The van der Waals surface area contributed by atoms with Gasteiger partial charge >= 0.3 is 8.56 Å². The topological polar surface area (TPSA) is 175 Å². The third kappa shape index (κ3) is 12.4. The van der Waals surface area contributed by atoms with Crippen molar-refractivity contribution in [1.82, 2.24) is 10.3 Å². The van der Waals surface area contributed by atoms with Crippen LogP contribution in [0.2, 0.25) is 49.9 Å². The van der Waals surface area contributed by atoms with Gasteiger partial charge in [-0.15, -0.1) is 0 Å². The summed E-state index contributed by atoms with van der Waals surface area (Å²) in [4.78, 5) is 26.8. The molecule has 0 aliphatic carbocycles. The number of nitrogens with two attached hydrogens (primary N) is 1. The summed E-state index contributed by atoms with van der Waals surface area (Å²) in [5.41, 5.74) is -2.96. The lowest BCUT2D eigenvalue weighted by atomic mass is 9.76. The van der Waals surface area contributed by atoms with Gasteiger partial charge < -0.3 is 34.0 Å². The van der Waals surface area contributed by atoms with Crippen LogP contribution in [0.1, 0.15) is 122 Å². The van der Waals surface area contributed by atoms with Gasteiger partial charge in [0.15, 0.2) is 16.6 Å². The number of hydrogen-bond donors (Lipinski definition) is 6. The Morgan fingerprint density at radius 3 is 1.65 bits per heavy atom. The second-order valence-electron chi connectivity index (χ2n) is 18.8. The van der Waals surface area contributed by atoms with Crippen molar-refractivity contribution in [3.63, 3.8) is 0 Å². The van der Waals surface area contributed by atoms with Gasteiger partial charge in [-0.3, -0.25) is 14.6 Å². The van der Waals surface area contributed by atoms with E-state index >= 15 is 0 Å². The normalized spacial score (nSPS) is 20.5. The van der Waals surface area contributed by atoms with Crippen LogP contribution in [0.3, 0.4) is 0 Å². The van der Waals surface area contributed by atoms with Crippen LogP contribution in [0.15, 0.2) is 0 Å². The lowest BCUT2D eigenvalue weighted by Gasteiger charge is -2.51. The second-order valence-corrected chi connectivity index (χ2v) is 31.7. The van der Waals surface area contributed by atoms with Crippen LogP contribution in [0.25, 0.3) is 0 Å². The molecule has 0 rings (SSSR count). The smallest absolute Gasteiger partial charge is 0.311 e. The number of carbonyl (C=O) groups is 2. The van der Waals surface area contributed by atoms with E-state index in [4.69, 9.17) is 14.1 Å². The predicted octanol–water partition coefficient (Wildman–Crippen LogP) is 6.41. The molecule has 0 radical (unpaired) electrons. The summed E-state index contributed by atoms with van der Waals surface area (Å²) in [7, 11) is -7.66. The summed E-state index contributed by atoms with van der Waals surface area (Å²) < 4.78 is 14.3. The van der Waals surface area contributed by atoms with Crippen molar-refractivity contribution >= 4 is 37.0 Å². The standard InChI is InChI=1S/C37H81N3O8Si3/c1-19-34(9,25-41)29(43)28(6)32(46)40(38)33(7,8)23-27(5)49(13,14)47-51(17,18)48-50(15,16)37(12,22-4)24-36(11,21-3)39-31(45)30(44)35(10,20-2)26-42/h27-30,41-44H,19-26,38H2,1-18H3,(H,39,45)/t27?,28?,29?,30?,34?,35-,36-,37+/m1/s1. The van der Waals surface area contributed by atoms with Crippen molar-refractivity contribution in [3.8, 4) is 0 Å². The Balaban J connectivity index is 6.04. The van der Waals surface area contributed by atoms with Gasteiger partial charge in [-0.2, -0.15) is 0 Å². The van der Waals surface area contributed by atoms with E-state index in [1.165, 1.54) is 5.01 Å². The maximum absolute atomic E-state index is 13.5. The van der Waals surface area contributed by atoms with Crippen LogP contribution in [-0.4, -0.2) is 98.9 Å². The van der Waals surface area contributed by atoms with Gasteiger partial charge in [0.2, 0.25) is 11.8 Å². The van der Waals surface area contributed by atoms with E-state index in [0.29, 0.717) is 32.1 Å². The van der Waals surface area contributed by atoms with E-state index in [9.17, 15) is 30.0 Å². The molecule has 2 amide bonds. The van der Waals surface area contributed by atoms with Crippen molar-refractivity contribution in [3.05, 3.63) is 0 Å². The molecule has 8 atom stereocenters. The van der Waals surface area contributed by atoms with E-state index in [1.54, 1.807) is 20.8 Å². The van der Waals surface area contributed by atoms with Crippen molar-refractivity contribution in [2.24, 2.45) is 22.6 Å². The van der Waals surface area contributed by atoms with Gasteiger partial charge in [0, 0.05) is 16.4 Å². The summed E-state index contributed by atoms with van der Waals surface area (Å²) in [6, 6.07) is 0. The molecule has 0 spiro atoms. The molecular formula is C37H81N3O8Si3. The Labute approximate surface area is 315 Å². The minimum absolute atomic E-state index is 0.0976. The zero-order valence-corrected chi connectivity index (χ0v) is 38.9. The van der Waals surface area contributed by atoms with Crippen LogP contribution in [-0.2, 0) is 17.8 Å². The molecule has 0 aliphatic rings. The Morgan fingerprint density at radius 2 is 1.25 bits per heavy atom. The molecule has 14 heteroatoms. The fourth-order valence-electron chi connectivity index (χ4n) is 7.21. The van der Waals surface area contributed by atoms with Crippen LogP contribution in [0, 0.1) is 16.7 Å². The van der Waals surface area contributed by atoms with Crippen molar-refractivity contribution in [2.45, 2.75) is 195 Å². The Kier molecular flexibility index (Phi) is 18.0. The monoisotopic (exact) mass is 780 g/mol. The molecule has 5 unspecified atom stereocenters. The Morgan fingerprint density at radius 1 is 0.784 bits per heavy atom. The highest BCUT2D eigenvalue weighted by Gasteiger charge is 2.52. The number of hydrogen-bond acceptors (Lipinski definition) is 9. The third-order valence-corrected chi connectivity index (χ3v) is 27.0. The van der Waals surface area contributed by atoms with Crippen LogP contribution in [0.4, 0.5) is 0 Å². The molecule has 51 heavy (non-hydrogen) atoms. The number of carbonyl (C=O) groups excluding carboxylic acids is 2. The summed E-state index contributed by atoms with van der Waals surface area (Å²) in [5.74, 6) is 4.88. The Hall–Kier alpha value is -0.689. The molecule has 0 aromatic heterocycles. The van der Waals surface area contributed by atoms with E-state index in [-0.39, 0.29) is 29.7 Å². The first-order valence-electron chi connectivity index (χ1n) is 19.2. The quantitative estimate of drug-likeness (QED) is 0.0296. The van der Waals surface area contributed by atoms with E-state index in [1.807, 2.05) is 41.5 Å². The number of aliphatic hydroxyl groups is 4. The molecule has 7 N–H and O–H groups in total. The average molecular weight is 780 g/mol. The minimum Gasteiger partial charge on any atom is -0.436 e. The second kappa shape index (κ2) is 18.3. The van der Waals surface area contributed by atoms with Gasteiger partial charge in [0.05, 0.1) is 30.8 Å². The maximum atomic E-state index is 13.5. The largest absolute Gasteiger partial charge is 0.436 e. The molecule has 304 valence electrons. The molecular weight excluding hydrogens is 699 g/mol. The van der Waals surface area contributed by atoms with Crippen LogP contribution >= 0.6 is 0 Å². The fraction of sp³-hybridized carbons (Fsp3) is 0.946. The first-order valence-corrected chi connectivity index (χ1v) is 27.9. The summed E-state index contributed by atoms with van der Waals surface area (Å²) >= 11 is 0. The number of aliphatic hydroxyl groups excluding tert-OH is 4. The predicted molar refractivity (Wildman–Crippen MR) is 216 cm³/mol. The summed E-state index contributed by atoms with van der Waals surface area (Å²) in [6.45, 7) is 35.9. The molecule has 0 saturated heterocycles. The number of hydrazine groups is 1. The molecule has 0 bridgehead atoms. The van der Waals surface area contributed by atoms with Crippen molar-refractivity contribution in [1.29, 1.82) is 0 Å². The zero-order valence-electron chi connectivity index (χ0n) is 35.9. The van der Waals surface area contributed by atoms with Crippen molar-refractivity contribution in [2.75, 3.05) is 13.2 Å². The van der Waals surface area contributed by atoms with Gasteiger partial charge in [-0.1, -0.05) is 68.7 Å². The molecule has 0 saturated carbocycles. The van der Waals surface area contributed by atoms with Gasteiger partial charge in [-0.25, -0.2) is 5.84 Å². The van der Waals surface area contributed by atoms with E-state index in [0.717, 1.165) is 6.42 Å². The molecule has 0 aliphatic heterocycles. The highest BCUT2D eigenvalue weighted by Crippen LogP contribution is 2.50. The molecule has 0 heterocycles. The summed E-state index contributed by atoms with van der Waals surface area (Å²) in [6.07, 6.45) is 1.37. The molecule has 0 fully saturated rings. The lowest BCUT2D eigenvalue weighted by Crippen LogP contribution is -2.61. The minimum atomic E-state index is -2.72. The SMILES string of the molecule is CCC(C)(CO)C(O)C(C)C(=O)N(N)C(C)(C)CC(C)[Si](C)(C)O[Si](C)(C)O[Si](C)(C)[C@@](C)(CC)C[C@@](C)(CC)NC(=O)C(O)[C@](C)(CC)CO. The van der Waals surface area contributed by atoms with Gasteiger partial charge in [0.1, 0.15) is 6.10 Å². The summed E-state index contributed by atoms with van der Waals surface area (Å²) in [5, 5.41) is 45.9. The first-order chi connectivity index (χ1) is 22.8. The molecule has 0 aromatic carbocycles. The number of rotatable bonds is 23. The maximum Gasteiger partial charge on any atom is 0.311 e. The highest BCUT2D eigenvalue weighted by atomic mass is 28.5. The van der Waals surface area contributed by atoms with E-state index in [2.05, 4.69) is 65.4 Å². The van der Waals surface area contributed by atoms with Crippen LogP contribution in [0.5, 0.6) is 0 Å². The van der Waals surface area contributed by atoms with E-state index < -0.39 is 71.1 Å². The fourth-order valence-corrected chi connectivity index (χ4v) is 22.2. The number of nitrogens with one attached hydrogen (secondary N) is 1. The number of amides is 2. The first kappa shape index (κ1) is 50.3. The van der Waals surface area contributed by atoms with Crippen LogP contribution < -0.4 is 11.2 Å². The lowest BCUT2D eigenvalue weighted by molar-refractivity contribution is -0.149.